The van der Waals surface area contributed by atoms with Crippen LogP contribution in [0.3, 0.4) is 0 Å². The summed E-state index contributed by atoms with van der Waals surface area (Å²) in [4.78, 5) is 41.3. The Balaban J connectivity index is 0.000000185. The molecule has 22 heteroatoms. The molecule has 2 amide bonds. The number of rotatable bonds is 22. The average molecular weight is 1410 g/mol. The van der Waals surface area contributed by atoms with Gasteiger partial charge in [0.1, 0.15) is 63.6 Å². The summed E-state index contributed by atoms with van der Waals surface area (Å²) in [6.45, 7) is -0.0567. The number of amides is 2. The highest BCUT2D eigenvalue weighted by Crippen LogP contribution is 2.50. The lowest BCUT2D eigenvalue weighted by molar-refractivity contribution is -0.0500. The van der Waals surface area contributed by atoms with Crippen molar-refractivity contribution in [2.24, 2.45) is 0 Å². The topological polar surface area (TPSA) is 185 Å². The summed E-state index contributed by atoms with van der Waals surface area (Å²) in [7, 11) is -0.169. The van der Waals surface area contributed by atoms with Gasteiger partial charge in [-0.15, -0.1) is 0 Å². The van der Waals surface area contributed by atoms with Gasteiger partial charge in [-0.05, 0) is 118 Å². The van der Waals surface area contributed by atoms with Crippen molar-refractivity contribution in [3.05, 3.63) is 320 Å². The van der Waals surface area contributed by atoms with Gasteiger partial charge in [-0.3, -0.25) is 19.6 Å². The van der Waals surface area contributed by atoms with E-state index in [9.17, 15) is 45.1 Å². The largest absolute Gasteiger partial charge is 0.534 e. The molecule has 2 aliphatic rings. The maximum atomic E-state index is 14.6. The number of ether oxygens (including phenoxy) is 6. The molecule has 0 radical (unpaired) electrons. The van der Waals surface area contributed by atoms with Crippen LogP contribution in [0.4, 0.5) is 22.0 Å². The van der Waals surface area contributed by atoms with Crippen LogP contribution in [-0.4, -0.2) is 79.1 Å². The van der Waals surface area contributed by atoms with Crippen molar-refractivity contribution in [2.75, 3.05) is 28.4 Å². The summed E-state index contributed by atoms with van der Waals surface area (Å²) in [5.41, 5.74) is 2.17. The molecule has 14 rings (SSSR count). The summed E-state index contributed by atoms with van der Waals surface area (Å²) >= 11 is 0. The van der Waals surface area contributed by atoms with Crippen LogP contribution in [0.1, 0.15) is 99.7 Å². The molecule has 0 fully saturated rings. The molecule has 0 saturated carbocycles. The Bertz CT molecular complexity index is 5160. The number of phenolic OH excluding ortho intramolecular Hbond substituents is 1. The smallest absolute Gasteiger partial charge is 0.507 e. The highest BCUT2D eigenvalue weighted by Gasteiger charge is 2.50. The summed E-state index contributed by atoms with van der Waals surface area (Å²) in [5.74, 6) is -0.139. The molecular weight excluding hydrogens is 1350 g/mol. The first-order valence-electron chi connectivity index (χ1n) is 32.5. The number of pyridine rings is 2. The van der Waals surface area contributed by atoms with Crippen LogP contribution >= 0.6 is 0 Å². The molecule has 103 heavy (non-hydrogen) atoms. The molecule has 10 aromatic carbocycles. The van der Waals surface area contributed by atoms with E-state index >= 15 is 0 Å². The monoisotopic (exact) mass is 1410 g/mol. The van der Waals surface area contributed by atoms with Crippen LogP contribution in [0, 0.1) is 11.6 Å². The molecule has 522 valence electrons. The lowest BCUT2D eigenvalue weighted by atomic mass is 9.98. The number of aromatic hydroxyl groups is 1. The average Bonchev–Trinajstić information content (AvgIpc) is 1.65. The number of benzene rings is 10. The van der Waals surface area contributed by atoms with Gasteiger partial charge in [-0.2, -0.15) is 21.6 Å². The van der Waals surface area contributed by atoms with Crippen LogP contribution in [0.2, 0.25) is 0 Å². The number of hydrogen-bond acceptors (Lipinski definition) is 14. The summed E-state index contributed by atoms with van der Waals surface area (Å²) in [5, 5.41) is 12.1. The van der Waals surface area contributed by atoms with Gasteiger partial charge < -0.3 is 47.5 Å². The first-order valence-corrected chi connectivity index (χ1v) is 33.9. The molecule has 0 bridgehead atoms. The number of fused-ring (bicyclic) bond motifs is 4. The molecular formula is C81H65F5N4O12S. The van der Waals surface area contributed by atoms with Crippen molar-refractivity contribution in [2.45, 2.75) is 56.7 Å². The minimum Gasteiger partial charge on any atom is -0.507 e. The summed E-state index contributed by atoms with van der Waals surface area (Å²) in [6.07, 6.45) is 2.38. The quantitative estimate of drug-likeness (QED) is 0.0384. The lowest BCUT2D eigenvalue weighted by Crippen LogP contribution is -2.28. The standard InChI is InChI=1S/C41H32F4N2O7S.C40H33FN2O5/c1-51-31-18-15-29(34(21-31)52-2)23-47-24-33-35(40(47)48)39(53-37(27-9-5-3-6-10-27)28-11-7-4-8-12-28)36-32(38(33)54-55(49,50)41(43,44)45)20-26(22-46-36)19-25-13-16-30(42)17-14-25;1-46-31-18-15-29(34(21-31)47-2)23-43-24-33-35(40(43)45)39(48-38(27-9-5-3-6-10-27)28-11-7-4-8-12-28)36-32(37(33)44)20-26(22-42-36)19-25-13-16-30(41)17-14-25/h3-18,20-22,37H,19,23-24H2,1-2H3;3-18,20-22,38,44H,19,23-24H2,1-2H3. The van der Waals surface area contributed by atoms with E-state index in [-0.39, 0.29) is 83.4 Å². The van der Waals surface area contributed by atoms with E-state index in [1.54, 1.807) is 61.7 Å². The molecule has 0 saturated heterocycles. The number of aromatic nitrogens is 2. The van der Waals surface area contributed by atoms with Crippen LogP contribution < -0.4 is 32.6 Å². The number of nitrogens with zero attached hydrogens (tertiary/aromatic N) is 4. The molecule has 4 heterocycles. The zero-order valence-corrected chi connectivity index (χ0v) is 56.7. The van der Waals surface area contributed by atoms with E-state index in [0.717, 1.165) is 27.8 Å². The molecule has 0 spiro atoms. The van der Waals surface area contributed by atoms with E-state index in [2.05, 4.69) is 4.98 Å². The van der Waals surface area contributed by atoms with Crippen LogP contribution in [0.15, 0.2) is 231 Å². The van der Waals surface area contributed by atoms with E-state index in [4.69, 9.17) is 37.6 Å². The van der Waals surface area contributed by atoms with E-state index in [1.807, 2.05) is 140 Å². The molecule has 1 N–H and O–H groups in total. The Labute approximate surface area is 589 Å². The van der Waals surface area contributed by atoms with Gasteiger partial charge in [0.15, 0.2) is 17.2 Å². The number of methoxy groups -OCH3 is 4. The first kappa shape index (κ1) is 69.4. The van der Waals surface area contributed by atoms with Crippen molar-refractivity contribution in [1.29, 1.82) is 0 Å². The van der Waals surface area contributed by atoms with Gasteiger partial charge in [0, 0.05) is 70.6 Å². The van der Waals surface area contributed by atoms with Crippen molar-refractivity contribution >= 4 is 43.7 Å². The van der Waals surface area contributed by atoms with Gasteiger partial charge in [0.25, 0.3) is 11.8 Å². The van der Waals surface area contributed by atoms with E-state index < -0.39 is 45.3 Å². The highest BCUT2D eigenvalue weighted by atomic mass is 32.2. The highest BCUT2D eigenvalue weighted by molar-refractivity contribution is 7.88. The van der Waals surface area contributed by atoms with E-state index in [1.165, 1.54) is 67.8 Å². The number of carbonyl (C=O) groups excluding carboxylic acids is 2. The molecule has 2 aromatic heterocycles. The first-order chi connectivity index (χ1) is 49.8. The Morgan fingerprint density at radius 3 is 1.23 bits per heavy atom. The van der Waals surface area contributed by atoms with Gasteiger partial charge in [0.2, 0.25) is 0 Å². The van der Waals surface area contributed by atoms with Crippen molar-refractivity contribution in [3.63, 3.8) is 0 Å². The molecule has 0 atom stereocenters. The normalized spacial score (nSPS) is 12.7. The summed E-state index contributed by atoms with van der Waals surface area (Å²) < 4.78 is 135. The molecule has 0 unspecified atom stereocenters. The Kier molecular flexibility index (Phi) is 20.0. The SMILES string of the molecule is COc1ccc(CN2Cc3c(c(OC(c4ccccc4)c4ccccc4)c4ncc(Cc5ccc(F)cc5)cc4c3O)C2=O)c(OC)c1.COc1ccc(CN2Cc3c(c(OC(c4ccccc4)c4ccccc4)c4ncc(Cc5ccc(F)cc5)cc4c3OS(=O)(=O)C(F)(F)F)C2=O)c(OC)c1. The molecule has 2 aliphatic heterocycles. The number of phenols is 1. The Hall–Kier alpha value is -12.0. The second-order valence-electron chi connectivity index (χ2n) is 24.4. The van der Waals surface area contributed by atoms with Gasteiger partial charge in [-0.1, -0.05) is 146 Å². The second kappa shape index (κ2) is 29.6. The maximum Gasteiger partial charge on any atom is 0.534 e. The van der Waals surface area contributed by atoms with Crippen LogP contribution in [0.25, 0.3) is 21.8 Å². The predicted octanol–water partition coefficient (Wildman–Crippen LogP) is 16.5. The zero-order valence-electron chi connectivity index (χ0n) is 55.9. The lowest BCUT2D eigenvalue weighted by Gasteiger charge is -2.24. The molecule has 16 nitrogen and oxygen atoms in total. The number of halogens is 5. The number of alkyl halides is 3. The fraction of sp³-hybridized carbons (Fsp3) is 0.160. The van der Waals surface area contributed by atoms with Gasteiger partial charge in [0.05, 0.1) is 52.7 Å². The number of hydrogen-bond donors (Lipinski definition) is 1. The Morgan fingerprint density at radius 2 is 0.845 bits per heavy atom. The van der Waals surface area contributed by atoms with Crippen molar-refractivity contribution in [1.82, 2.24) is 19.8 Å². The fourth-order valence-electron chi connectivity index (χ4n) is 12.8. The maximum absolute atomic E-state index is 14.6. The van der Waals surface area contributed by atoms with Crippen LogP contribution in [0.5, 0.6) is 46.0 Å². The van der Waals surface area contributed by atoms with Crippen molar-refractivity contribution in [3.8, 4) is 46.0 Å². The minimum absolute atomic E-state index is 0.0191. The van der Waals surface area contributed by atoms with Crippen molar-refractivity contribution < 1.29 is 77.7 Å². The van der Waals surface area contributed by atoms with Gasteiger partial charge >= 0.3 is 15.6 Å². The third-order valence-electron chi connectivity index (χ3n) is 17.8. The predicted molar refractivity (Wildman–Crippen MR) is 376 cm³/mol. The minimum atomic E-state index is -6.25. The molecule has 0 aliphatic carbocycles. The van der Waals surface area contributed by atoms with E-state index in [0.29, 0.717) is 79.5 Å². The summed E-state index contributed by atoms with van der Waals surface area (Å²) in [6, 6.07) is 63.4. The third-order valence-corrected chi connectivity index (χ3v) is 18.8. The molecule has 12 aromatic rings. The van der Waals surface area contributed by atoms with Crippen LogP contribution in [-0.2, 0) is 49.1 Å². The van der Waals surface area contributed by atoms with Gasteiger partial charge in [-0.25, -0.2) is 8.78 Å². The Morgan fingerprint density at radius 1 is 0.466 bits per heavy atom. The third kappa shape index (κ3) is 14.7. The number of carbonyl (C=O) groups is 2. The zero-order chi connectivity index (χ0) is 72.1. The second-order valence-corrected chi connectivity index (χ2v) is 26.0. The fourth-order valence-corrected chi connectivity index (χ4v) is 13.3.